The highest BCUT2D eigenvalue weighted by Crippen LogP contribution is 2.20. The molecule has 0 heterocycles. The lowest BCUT2D eigenvalue weighted by Gasteiger charge is -2.20. The van der Waals surface area contributed by atoms with Crippen molar-refractivity contribution in [2.75, 3.05) is 21.2 Å². The maximum atomic E-state index is 11.7. The first-order chi connectivity index (χ1) is 6.49. The zero-order valence-corrected chi connectivity index (χ0v) is 8.75. The van der Waals surface area contributed by atoms with Gasteiger partial charge in [0.25, 0.3) is 0 Å². The number of likely N-dealkylation sites (N-methyl/N-ethyl adjacent to an activating group) is 1. The molecule has 0 unspecified atom stereocenters. The molecule has 4 nitrogen and oxygen atoms in total. The van der Waals surface area contributed by atoms with E-state index in [2.05, 4.69) is 0 Å². The topological polar surface area (TPSA) is 46.6 Å². The predicted octanol–water partition coefficient (Wildman–Crippen LogP) is 0.504. The molecule has 0 amide bonds. The number of Topliss-reactive ketones (excluding diaryl/α,β-unsaturated/α-hetero) is 1. The number of hydrogen-bond acceptors (Lipinski definition) is 4. The fraction of sp³-hybridized carbons (Fsp3) is 0.400. The summed E-state index contributed by atoms with van der Waals surface area (Å²) in [5.41, 5.74) is 0.761. The standard InChI is InChI=1S/C10H13NO3/c1-6-9(13)7(11(2)3)5-8(12)10(6)14-4/h5H,1-4H3. The smallest absolute Gasteiger partial charge is 0.222 e. The second-order valence-electron chi connectivity index (χ2n) is 3.28. The monoisotopic (exact) mass is 195 g/mol. The van der Waals surface area contributed by atoms with Crippen LogP contribution in [0.15, 0.2) is 23.1 Å². The Morgan fingerprint density at radius 3 is 2.29 bits per heavy atom. The summed E-state index contributed by atoms with van der Waals surface area (Å²) in [7, 11) is 4.84. The Kier molecular flexibility index (Phi) is 2.74. The molecule has 0 bridgehead atoms. The molecule has 0 aromatic rings. The molecule has 0 aromatic carbocycles. The van der Waals surface area contributed by atoms with Crippen molar-refractivity contribution in [2.24, 2.45) is 0 Å². The molecule has 0 saturated carbocycles. The first-order valence-corrected chi connectivity index (χ1v) is 4.22. The Morgan fingerprint density at radius 1 is 1.29 bits per heavy atom. The molecule has 0 spiro atoms. The number of carbonyl (C=O) groups excluding carboxylic acids is 2. The molecule has 0 saturated heterocycles. The second-order valence-corrected chi connectivity index (χ2v) is 3.28. The zero-order valence-electron chi connectivity index (χ0n) is 8.75. The van der Waals surface area contributed by atoms with E-state index in [1.54, 1.807) is 25.9 Å². The van der Waals surface area contributed by atoms with E-state index in [0.717, 1.165) is 0 Å². The summed E-state index contributed by atoms with van der Waals surface area (Å²) in [6.07, 6.45) is 1.30. The number of ether oxygens (including phenoxy) is 1. The van der Waals surface area contributed by atoms with E-state index < -0.39 is 0 Å². The molecule has 1 aliphatic carbocycles. The normalized spacial score (nSPS) is 17.0. The number of nitrogens with zero attached hydrogens (tertiary/aromatic N) is 1. The summed E-state index contributed by atoms with van der Waals surface area (Å²) >= 11 is 0. The summed E-state index contributed by atoms with van der Waals surface area (Å²) < 4.78 is 4.86. The summed E-state index contributed by atoms with van der Waals surface area (Å²) in [5.74, 6) is -0.277. The third-order valence-electron chi connectivity index (χ3n) is 2.09. The van der Waals surface area contributed by atoms with Crippen LogP contribution in [-0.4, -0.2) is 37.7 Å². The number of methoxy groups -OCH3 is 1. The van der Waals surface area contributed by atoms with Crippen molar-refractivity contribution in [2.45, 2.75) is 6.92 Å². The summed E-state index contributed by atoms with van der Waals surface area (Å²) in [4.78, 5) is 24.8. The molecule has 0 aliphatic heterocycles. The van der Waals surface area contributed by atoms with Gasteiger partial charge in [-0.25, -0.2) is 0 Å². The van der Waals surface area contributed by atoms with Crippen LogP contribution in [0.3, 0.4) is 0 Å². The van der Waals surface area contributed by atoms with Gasteiger partial charge in [-0.1, -0.05) is 0 Å². The van der Waals surface area contributed by atoms with Crippen LogP contribution in [0.25, 0.3) is 0 Å². The van der Waals surface area contributed by atoms with Gasteiger partial charge in [-0.05, 0) is 6.92 Å². The lowest BCUT2D eigenvalue weighted by molar-refractivity contribution is -0.118. The third-order valence-corrected chi connectivity index (χ3v) is 2.09. The van der Waals surface area contributed by atoms with Crippen molar-refractivity contribution >= 4 is 11.6 Å². The van der Waals surface area contributed by atoms with Gasteiger partial charge >= 0.3 is 0 Å². The molecule has 1 rings (SSSR count). The zero-order chi connectivity index (χ0) is 10.9. The van der Waals surface area contributed by atoms with Gasteiger partial charge in [-0.3, -0.25) is 9.59 Å². The minimum atomic E-state index is -0.256. The highest BCUT2D eigenvalue weighted by Gasteiger charge is 2.27. The van der Waals surface area contributed by atoms with E-state index in [1.807, 2.05) is 0 Å². The minimum absolute atomic E-state index is 0.139. The van der Waals surface area contributed by atoms with Crippen LogP contribution in [-0.2, 0) is 14.3 Å². The third kappa shape index (κ3) is 1.55. The quantitative estimate of drug-likeness (QED) is 0.602. The largest absolute Gasteiger partial charge is 0.492 e. The Hall–Kier alpha value is -1.58. The van der Waals surface area contributed by atoms with Gasteiger partial charge in [-0.15, -0.1) is 0 Å². The summed E-state index contributed by atoms with van der Waals surface area (Å²) in [6.45, 7) is 1.59. The highest BCUT2D eigenvalue weighted by molar-refractivity contribution is 6.21. The van der Waals surface area contributed by atoms with Crippen molar-refractivity contribution in [3.63, 3.8) is 0 Å². The van der Waals surface area contributed by atoms with Crippen LogP contribution < -0.4 is 0 Å². The Labute approximate surface area is 82.8 Å². The van der Waals surface area contributed by atoms with E-state index in [-0.39, 0.29) is 17.3 Å². The van der Waals surface area contributed by atoms with Gasteiger partial charge in [-0.2, -0.15) is 0 Å². The van der Waals surface area contributed by atoms with Crippen molar-refractivity contribution in [1.82, 2.24) is 4.90 Å². The predicted molar refractivity (Wildman–Crippen MR) is 51.5 cm³/mol. The molecule has 0 atom stereocenters. The number of hydrogen-bond donors (Lipinski definition) is 0. The van der Waals surface area contributed by atoms with E-state index in [4.69, 9.17) is 4.74 Å². The first-order valence-electron chi connectivity index (χ1n) is 4.22. The van der Waals surface area contributed by atoms with E-state index >= 15 is 0 Å². The Balaban J connectivity index is 3.15. The minimum Gasteiger partial charge on any atom is -0.492 e. The first kappa shape index (κ1) is 10.5. The second kappa shape index (κ2) is 3.65. The Morgan fingerprint density at radius 2 is 1.86 bits per heavy atom. The maximum absolute atomic E-state index is 11.7. The van der Waals surface area contributed by atoms with Crippen LogP contribution in [0.4, 0.5) is 0 Å². The molecule has 4 heteroatoms. The van der Waals surface area contributed by atoms with Gasteiger partial charge in [0.2, 0.25) is 11.6 Å². The van der Waals surface area contributed by atoms with E-state index in [9.17, 15) is 9.59 Å². The molecular weight excluding hydrogens is 182 g/mol. The van der Waals surface area contributed by atoms with Crippen molar-refractivity contribution in [3.05, 3.63) is 23.1 Å². The lowest BCUT2D eigenvalue weighted by atomic mass is 9.99. The summed E-state index contributed by atoms with van der Waals surface area (Å²) in [5, 5.41) is 0. The molecular formula is C10H13NO3. The molecule has 0 aromatic heterocycles. The van der Waals surface area contributed by atoms with Crippen molar-refractivity contribution < 1.29 is 14.3 Å². The van der Waals surface area contributed by atoms with Crippen molar-refractivity contribution in [3.8, 4) is 0 Å². The Bertz CT molecular complexity index is 350. The molecule has 0 fully saturated rings. The molecule has 0 radical (unpaired) electrons. The lowest BCUT2D eigenvalue weighted by Crippen LogP contribution is -2.27. The SMILES string of the molecule is COC1=C(C)C(=O)C(N(C)C)=CC1=O. The van der Waals surface area contributed by atoms with Crippen LogP contribution in [0.2, 0.25) is 0 Å². The number of carbonyl (C=O) groups is 2. The number of rotatable bonds is 2. The highest BCUT2D eigenvalue weighted by atomic mass is 16.5. The van der Waals surface area contributed by atoms with Crippen LogP contribution in [0.1, 0.15) is 6.92 Å². The van der Waals surface area contributed by atoms with Crippen molar-refractivity contribution in [1.29, 1.82) is 0 Å². The molecule has 76 valence electrons. The van der Waals surface area contributed by atoms with Crippen LogP contribution >= 0.6 is 0 Å². The van der Waals surface area contributed by atoms with Gasteiger partial charge in [0.15, 0.2) is 5.76 Å². The summed E-state index contributed by atoms with van der Waals surface area (Å²) in [6, 6.07) is 0. The average molecular weight is 195 g/mol. The van der Waals surface area contributed by atoms with Gasteiger partial charge < -0.3 is 9.64 Å². The van der Waals surface area contributed by atoms with Gasteiger partial charge in [0.05, 0.1) is 12.8 Å². The number of allylic oxidation sites excluding steroid dienone is 2. The van der Waals surface area contributed by atoms with Gasteiger partial charge in [0.1, 0.15) is 0 Å². The maximum Gasteiger partial charge on any atom is 0.222 e. The number of ketones is 2. The van der Waals surface area contributed by atoms with Crippen LogP contribution in [0.5, 0.6) is 0 Å². The van der Waals surface area contributed by atoms with Gasteiger partial charge in [0, 0.05) is 25.7 Å². The molecule has 1 aliphatic rings. The molecule has 0 N–H and O–H groups in total. The van der Waals surface area contributed by atoms with E-state index in [0.29, 0.717) is 11.3 Å². The fourth-order valence-electron chi connectivity index (χ4n) is 1.32. The van der Waals surface area contributed by atoms with E-state index in [1.165, 1.54) is 13.2 Å². The molecule has 14 heavy (non-hydrogen) atoms. The average Bonchev–Trinajstić information content (AvgIpc) is 2.12. The fourth-order valence-corrected chi connectivity index (χ4v) is 1.32. The van der Waals surface area contributed by atoms with Crippen LogP contribution in [0, 0.1) is 0 Å².